The van der Waals surface area contributed by atoms with Crippen LogP contribution in [0.1, 0.15) is 19.8 Å². The molecular formula is C9H10O3. The van der Waals surface area contributed by atoms with E-state index in [4.69, 9.17) is 4.74 Å². The van der Waals surface area contributed by atoms with Crippen LogP contribution in [0.15, 0.2) is 11.6 Å². The molecule has 0 bridgehead atoms. The molecule has 0 N–H and O–H groups in total. The summed E-state index contributed by atoms with van der Waals surface area (Å²) in [5, 5.41) is 0. The van der Waals surface area contributed by atoms with E-state index in [0.717, 1.165) is 5.57 Å². The molecule has 0 aromatic rings. The van der Waals surface area contributed by atoms with E-state index in [1.807, 2.05) is 6.92 Å². The molecule has 0 spiro atoms. The fourth-order valence-corrected chi connectivity index (χ4v) is 1.70. The van der Waals surface area contributed by atoms with Crippen molar-refractivity contribution in [2.75, 3.05) is 6.61 Å². The Bertz CT molecular complexity index is 290. The molecule has 1 saturated heterocycles. The first-order valence-corrected chi connectivity index (χ1v) is 4.04. The van der Waals surface area contributed by atoms with Gasteiger partial charge in [0.2, 0.25) is 0 Å². The van der Waals surface area contributed by atoms with E-state index >= 15 is 0 Å². The van der Waals surface area contributed by atoms with Gasteiger partial charge in [0.25, 0.3) is 0 Å². The first-order valence-electron chi connectivity index (χ1n) is 4.04. The normalized spacial score (nSPS) is 34.2. The monoisotopic (exact) mass is 166 g/mol. The molecule has 2 aliphatic rings. The Hall–Kier alpha value is -1.12. The number of allylic oxidation sites excluding steroid dienone is 1. The van der Waals surface area contributed by atoms with Gasteiger partial charge in [-0.2, -0.15) is 0 Å². The number of ketones is 1. The molecule has 0 aromatic heterocycles. The number of esters is 1. The van der Waals surface area contributed by atoms with Crippen LogP contribution in [0.2, 0.25) is 0 Å². The van der Waals surface area contributed by atoms with E-state index < -0.39 is 5.41 Å². The maximum atomic E-state index is 11.3. The molecule has 1 unspecified atom stereocenters. The van der Waals surface area contributed by atoms with Crippen LogP contribution < -0.4 is 0 Å². The van der Waals surface area contributed by atoms with Crippen molar-refractivity contribution < 1.29 is 14.3 Å². The number of fused-ring (bicyclic) bond motifs is 1. The standard InChI is InChI=1S/C9H10O3/c1-9-3-2-7(10)4-6(9)5-12-8(9)11/h4H,2-3,5H2,1H3. The van der Waals surface area contributed by atoms with Crippen LogP contribution in [-0.2, 0) is 14.3 Å². The molecule has 0 aromatic carbocycles. The van der Waals surface area contributed by atoms with E-state index in [-0.39, 0.29) is 11.8 Å². The number of carbonyl (C=O) groups excluding carboxylic acids is 2. The predicted octanol–water partition coefficient (Wildman–Crippen LogP) is 0.839. The maximum absolute atomic E-state index is 11.3. The van der Waals surface area contributed by atoms with Crippen LogP contribution in [0, 0.1) is 5.41 Å². The maximum Gasteiger partial charge on any atom is 0.316 e. The van der Waals surface area contributed by atoms with Crippen molar-refractivity contribution in [3.05, 3.63) is 11.6 Å². The third-order valence-corrected chi connectivity index (χ3v) is 2.72. The van der Waals surface area contributed by atoms with Crippen molar-refractivity contribution >= 4 is 11.8 Å². The molecule has 1 aliphatic carbocycles. The molecule has 3 heteroatoms. The quantitative estimate of drug-likeness (QED) is 0.501. The van der Waals surface area contributed by atoms with Gasteiger partial charge < -0.3 is 4.74 Å². The van der Waals surface area contributed by atoms with E-state index in [1.54, 1.807) is 6.08 Å². The summed E-state index contributed by atoms with van der Waals surface area (Å²) in [4.78, 5) is 22.3. The molecule has 0 saturated carbocycles. The van der Waals surface area contributed by atoms with Crippen LogP contribution in [0.5, 0.6) is 0 Å². The van der Waals surface area contributed by atoms with Gasteiger partial charge in [-0.25, -0.2) is 0 Å². The summed E-state index contributed by atoms with van der Waals surface area (Å²) in [5.41, 5.74) is 0.359. The predicted molar refractivity (Wildman–Crippen MR) is 41.4 cm³/mol. The highest BCUT2D eigenvalue weighted by atomic mass is 16.5. The molecule has 0 amide bonds. The summed E-state index contributed by atoms with van der Waals surface area (Å²) in [5.74, 6) is -0.0676. The summed E-state index contributed by atoms with van der Waals surface area (Å²) in [6.07, 6.45) is 2.64. The molecular weight excluding hydrogens is 156 g/mol. The summed E-state index contributed by atoms with van der Waals surface area (Å²) in [6, 6.07) is 0. The first-order chi connectivity index (χ1) is 5.63. The Morgan fingerprint density at radius 3 is 3.00 bits per heavy atom. The number of cyclic esters (lactones) is 1. The fourth-order valence-electron chi connectivity index (χ4n) is 1.70. The second-order valence-electron chi connectivity index (χ2n) is 3.54. The molecule has 64 valence electrons. The van der Waals surface area contributed by atoms with E-state index in [2.05, 4.69) is 0 Å². The summed E-state index contributed by atoms with van der Waals surface area (Å²) in [6.45, 7) is 2.15. The highest BCUT2D eigenvalue weighted by Crippen LogP contribution is 2.41. The Morgan fingerprint density at radius 1 is 1.50 bits per heavy atom. The molecule has 1 fully saturated rings. The minimum Gasteiger partial charge on any atom is -0.460 e. The second-order valence-corrected chi connectivity index (χ2v) is 3.54. The fraction of sp³-hybridized carbons (Fsp3) is 0.556. The van der Waals surface area contributed by atoms with Crippen LogP contribution in [0.4, 0.5) is 0 Å². The van der Waals surface area contributed by atoms with Crippen LogP contribution >= 0.6 is 0 Å². The topological polar surface area (TPSA) is 43.4 Å². The molecule has 0 radical (unpaired) electrons. The van der Waals surface area contributed by atoms with Crippen molar-refractivity contribution in [1.29, 1.82) is 0 Å². The summed E-state index contributed by atoms with van der Waals surface area (Å²) >= 11 is 0. The average Bonchev–Trinajstić information content (AvgIpc) is 2.31. The smallest absolute Gasteiger partial charge is 0.316 e. The number of hydrogen-bond donors (Lipinski definition) is 0. The third-order valence-electron chi connectivity index (χ3n) is 2.72. The number of hydrogen-bond acceptors (Lipinski definition) is 3. The molecule has 12 heavy (non-hydrogen) atoms. The van der Waals surface area contributed by atoms with E-state index in [0.29, 0.717) is 19.4 Å². The van der Waals surface area contributed by atoms with Crippen molar-refractivity contribution in [3.8, 4) is 0 Å². The lowest BCUT2D eigenvalue weighted by Crippen LogP contribution is -2.28. The third kappa shape index (κ3) is 0.823. The molecule has 1 atom stereocenters. The number of ether oxygens (including phenoxy) is 1. The highest BCUT2D eigenvalue weighted by molar-refractivity contribution is 5.96. The first kappa shape index (κ1) is 7.53. The van der Waals surface area contributed by atoms with Gasteiger partial charge in [-0.3, -0.25) is 9.59 Å². The number of carbonyl (C=O) groups is 2. The Morgan fingerprint density at radius 2 is 2.25 bits per heavy atom. The van der Waals surface area contributed by atoms with E-state index in [1.165, 1.54) is 0 Å². The van der Waals surface area contributed by atoms with Gasteiger partial charge in [0.05, 0.1) is 5.41 Å². The van der Waals surface area contributed by atoms with Gasteiger partial charge in [-0.05, 0) is 25.0 Å². The lowest BCUT2D eigenvalue weighted by atomic mass is 9.75. The van der Waals surface area contributed by atoms with Gasteiger partial charge in [-0.15, -0.1) is 0 Å². The van der Waals surface area contributed by atoms with Gasteiger partial charge in [0.1, 0.15) is 6.61 Å². The molecule has 3 nitrogen and oxygen atoms in total. The highest BCUT2D eigenvalue weighted by Gasteiger charge is 2.46. The van der Waals surface area contributed by atoms with Crippen molar-refractivity contribution in [3.63, 3.8) is 0 Å². The lowest BCUT2D eigenvalue weighted by molar-refractivity contribution is -0.145. The van der Waals surface area contributed by atoms with Gasteiger partial charge in [0.15, 0.2) is 5.78 Å². The Balaban J connectivity index is 2.43. The van der Waals surface area contributed by atoms with E-state index in [9.17, 15) is 9.59 Å². The zero-order valence-corrected chi connectivity index (χ0v) is 6.92. The molecule has 2 rings (SSSR count). The zero-order valence-electron chi connectivity index (χ0n) is 6.92. The second kappa shape index (κ2) is 2.19. The zero-order chi connectivity index (χ0) is 8.77. The summed E-state index contributed by atoms with van der Waals surface area (Å²) in [7, 11) is 0. The van der Waals surface area contributed by atoms with Crippen molar-refractivity contribution in [1.82, 2.24) is 0 Å². The van der Waals surface area contributed by atoms with Crippen molar-refractivity contribution in [2.45, 2.75) is 19.8 Å². The minimum atomic E-state index is -0.492. The van der Waals surface area contributed by atoms with Crippen LogP contribution in [0.25, 0.3) is 0 Å². The van der Waals surface area contributed by atoms with Crippen LogP contribution in [-0.4, -0.2) is 18.4 Å². The minimum absolute atomic E-state index is 0.112. The Labute approximate surface area is 70.4 Å². The SMILES string of the molecule is CC12CCC(=O)C=C1COC2=O. The largest absolute Gasteiger partial charge is 0.460 e. The molecule has 1 heterocycles. The van der Waals surface area contributed by atoms with Gasteiger partial charge in [-0.1, -0.05) is 0 Å². The summed E-state index contributed by atoms with van der Waals surface area (Å²) < 4.78 is 4.89. The van der Waals surface area contributed by atoms with Gasteiger partial charge in [0, 0.05) is 6.42 Å². The number of rotatable bonds is 0. The van der Waals surface area contributed by atoms with Gasteiger partial charge >= 0.3 is 5.97 Å². The molecule has 1 aliphatic heterocycles. The Kier molecular flexibility index (Phi) is 1.37. The lowest BCUT2D eigenvalue weighted by Gasteiger charge is -2.23. The van der Waals surface area contributed by atoms with Crippen LogP contribution in [0.3, 0.4) is 0 Å². The average molecular weight is 166 g/mol. The van der Waals surface area contributed by atoms with Crippen molar-refractivity contribution in [2.24, 2.45) is 5.41 Å².